The highest BCUT2D eigenvalue weighted by atomic mass is 32.1. The molecule has 4 atom stereocenters. The Kier molecular flexibility index (Phi) is 3.35. The molecule has 4 rings (SSSR count). The van der Waals surface area contributed by atoms with Gasteiger partial charge < -0.3 is 5.32 Å². The van der Waals surface area contributed by atoms with Gasteiger partial charge in [0.05, 0.1) is 5.01 Å². The molecule has 2 aromatic rings. The third-order valence-electron chi connectivity index (χ3n) is 5.29. The summed E-state index contributed by atoms with van der Waals surface area (Å²) in [5, 5.41) is 7.02. The average Bonchev–Trinajstić information content (AvgIpc) is 3.11. The van der Waals surface area contributed by atoms with Crippen molar-refractivity contribution < 1.29 is 0 Å². The van der Waals surface area contributed by atoms with E-state index in [4.69, 9.17) is 0 Å². The maximum atomic E-state index is 4.65. The van der Waals surface area contributed by atoms with Crippen LogP contribution in [-0.2, 0) is 12.8 Å². The summed E-state index contributed by atoms with van der Waals surface area (Å²) in [6, 6.07) is 9.63. The van der Waals surface area contributed by atoms with E-state index in [-0.39, 0.29) is 0 Å². The van der Waals surface area contributed by atoms with E-state index in [1.54, 1.807) is 22.5 Å². The number of benzene rings is 1. The van der Waals surface area contributed by atoms with Gasteiger partial charge >= 0.3 is 0 Å². The predicted octanol–water partition coefficient (Wildman–Crippen LogP) is 3.56. The van der Waals surface area contributed by atoms with E-state index in [2.05, 4.69) is 53.9 Å². The summed E-state index contributed by atoms with van der Waals surface area (Å²) in [7, 11) is 2.11. The molecule has 0 spiro atoms. The number of thiazole rings is 1. The Bertz CT molecular complexity index is 648. The van der Waals surface area contributed by atoms with E-state index < -0.39 is 0 Å². The fourth-order valence-corrected chi connectivity index (χ4v) is 5.12. The summed E-state index contributed by atoms with van der Waals surface area (Å²) in [6.07, 6.45) is 3.71. The molecule has 2 aliphatic carbocycles. The second kappa shape index (κ2) is 5.22. The molecule has 4 unspecified atom stereocenters. The fraction of sp³-hybridized carbons (Fsp3) is 0.500. The fourth-order valence-electron chi connectivity index (χ4n) is 4.28. The van der Waals surface area contributed by atoms with Crippen molar-refractivity contribution in [2.45, 2.75) is 38.1 Å². The molecule has 1 saturated carbocycles. The molecule has 1 heterocycles. The number of likely N-dealkylation sites (N-methyl/N-ethyl adjacent to an activating group) is 1. The van der Waals surface area contributed by atoms with E-state index in [0.29, 0.717) is 6.04 Å². The zero-order valence-corrected chi connectivity index (χ0v) is 13.5. The second-order valence-corrected chi connectivity index (χ2v) is 7.43. The third kappa shape index (κ3) is 2.33. The highest BCUT2D eigenvalue weighted by Crippen LogP contribution is 2.61. The van der Waals surface area contributed by atoms with Gasteiger partial charge in [-0.15, -0.1) is 11.3 Å². The van der Waals surface area contributed by atoms with Gasteiger partial charge in [-0.1, -0.05) is 24.3 Å². The van der Waals surface area contributed by atoms with Crippen LogP contribution in [0.2, 0.25) is 0 Å². The standard InChI is InChI=1S/C18H22N2S/c1-11-10-21-16(20-11)9-15(19-2)18-14-8-7-12-5-3-4-6-13(12)17(14)18/h3-6,10,14-15,17-19H,7-9H2,1-2H3. The molecule has 21 heavy (non-hydrogen) atoms. The van der Waals surface area contributed by atoms with Gasteiger partial charge in [0.15, 0.2) is 0 Å². The van der Waals surface area contributed by atoms with Gasteiger partial charge in [-0.3, -0.25) is 0 Å². The van der Waals surface area contributed by atoms with Gasteiger partial charge in [-0.25, -0.2) is 4.98 Å². The van der Waals surface area contributed by atoms with Crippen LogP contribution in [0.25, 0.3) is 0 Å². The normalized spacial score (nSPS) is 27.8. The molecule has 0 aliphatic heterocycles. The minimum Gasteiger partial charge on any atom is -0.316 e. The van der Waals surface area contributed by atoms with E-state index in [1.165, 1.54) is 17.8 Å². The van der Waals surface area contributed by atoms with Crippen molar-refractivity contribution in [3.8, 4) is 0 Å². The molecule has 2 aliphatic rings. The van der Waals surface area contributed by atoms with Crippen LogP contribution < -0.4 is 5.32 Å². The zero-order chi connectivity index (χ0) is 14.4. The zero-order valence-electron chi connectivity index (χ0n) is 12.7. The third-order valence-corrected chi connectivity index (χ3v) is 6.28. The number of hydrogen-bond acceptors (Lipinski definition) is 3. The van der Waals surface area contributed by atoms with Crippen LogP contribution in [-0.4, -0.2) is 18.1 Å². The van der Waals surface area contributed by atoms with E-state index in [0.717, 1.165) is 29.9 Å². The summed E-state index contributed by atoms with van der Waals surface area (Å²) in [6.45, 7) is 2.08. The summed E-state index contributed by atoms with van der Waals surface area (Å²) in [5.41, 5.74) is 4.36. The Morgan fingerprint density at radius 1 is 1.38 bits per heavy atom. The molecule has 110 valence electrons. The van der Waals surface area contributed by atoms with Gasteiger partial charge in [-0.05, 0) is 55.7 Å². The summed E-state index contributed by atoms with van der Waals surface area (Å²) >= 11 is 1.81. The Balaban J connectivity index is 1.54. The summed E-state index contributed by atoms with van der Waals surface area (Å²) < 4.78 is 0. The van der Waals surface area contributed by atoms with Crippen molar-refractivity contribution in [2.75, 3.05) is 7.05 Å². The molecule has 1 fully saturated rings. The number of aryl methyl sites for hydroxylation is 2. The first-order chi connectivity index (χ1) is 10.3. The molecule has 0 bridgehead atoms. The van der Waals surface area contributed by atoms with Crippen LogP contribution in [0.1, 0.15) is 34.2 Å². The number of nitrogens with one attached hydrogen (secondary N) is 1. The second-order valence-electron chi connectivity index (χ2n) is 6.49. The molecule has 0 amide bonds. The summed E-state index contributed by atoms with van der Waals surface area (Å²) in [4.78, 5) is 4.65. The lowest BCUT2D eigenvalue weighted by Crippen LogP contribution is -2.31. The number of rotatable bonds is 4. The molecule has 1 N–H and O–H groups in total. The lowest BCUT2D eigenvalue weighted by molar-refractivity contribution is 0.463. The van der Waals surface area contributed by atoms with E-state index in [1.807, 2.05) is 0 Å². The quantitative estimate of drug-likeness (QED) is 0.933. The van der Waals surface area contributed by atoms with Gasteiger partial charge in [0, 0.05) is 23.5 Å². The Hall–Kier alpha value is -1.19. The Morgan fingerprint density at radius 3 is 3.00 bits per heavy atom. The largest absolute Gasteiger partial charge is 0.316 e. The molecule has 2 nitrogen and oxygen atoms in total. The molecule has 1 aromatic carbocycles. The summed E-state index contributed by atoms with van der Waals surface area (Å²) in [5.74, 6) is 2.47. The van der Waals surface area contributed by atoms with Crippen molar-refractivity contribution in [1.82, 2.24) is 10.3 Å². The molecule has 3 heteroatoms. The molecule has 0 saturated heterocycles. The van der Waals surface area contributed by atoms with Crippen LogP contribution in [0, 0.1) is 18.8 Å². The number of nitrogens with zero attached hydrogens (tertiary/aromatic N) is 1. The Labute approximate surface area is 130 Å². The minimum atomic E-state index is 0.566. The molecule has 1 aromatic heterocycles. The van der Waals surface area contributed by atoms with E-state index >= 15 is 0 Å². The van der Waals surface area contributed by atoms with Crippen LogP contribution in [0.3, 0.4) is 0 Å². The highest BCUT2D eigenvalue weighted by molar-refractivity contribution is 7.09. The van der Waals surface area contributed by atoms with Crippen LogP contribution in [0.4, 0.5) is 0 Å². The first-order valence-electron chi connectivity index (χ1n) is 7.94. The maximum absolute atomic E-state index is 4.65. The highest BCUT2D eigenvalue weighted by Gasteiger charge is 2.55. The van der Waals surface area contributed by atoms with Crippen molar-refractivity contribution in [3.05, 3.63) is 51.5 Å². The first kappa shape index (κ1) is 13.5. The van der Waals surface area contributed by atoms with Gasteiger partial charge in [0.2, 0.25) is 0 Å². The van der Waals surface area contributed by atoms with Crippen molar-refractivity contribution >= 4 is 11.3 Å². The molecular formula is C18H22N2S. The lowest BCUT2D eigenvalue weighted by Gasteiger charge is -2.15. The van der Waals surface area contributed by atoms with E-state index in [9.17, 15) is 0 Å². The predicted molar refractivity (Wildman–Crippen MR) is 87.9 cm³/mol. The minimum absolute atomic E-state index is 0.566. The topological polar surface area (TPSA) is 24.9 Å². The SMILES string of the molecule is CNC(Cc1nc(C)cs1)C1C2CCc3ccccc3C21. The van der Waals surface area contributed by atoms with Gasteiger partial charge in [0.25, 0.3) is 0 Å². The Morgan fingerprint density at radius 2 is 2.24 bits per heavy atom. The van der Waals surface area contributed by atoms with Crippen molar-refractivity contribution in [2.24, 2.45) is 11.8 Å². The first-order valence-corrected chi connectivity index (χ1v) is 8.82. The number of hydrogen-bond donors (Lipinski definition) is 1. The van der Waals surface area contributed by atoms with Gasteiger partial charge in [-0.2, -0.15) is 0 Å². The monoisotopic (exact) mass is 298 g/mol. The van der Waals surface area contributed by atoms with Crippen LogP contribution in [0.5, 0.6) is 0 Å². The number of fused-ring (bicyclic) bond motifs is 3. The average molecular weight is 298 g/mol. The molecular weight excluding hydrogens is 276 g/mol. The van der Waals surface area contributed by atoms with Crippen LogP contribution in [0.15, 0.2) is 29.6 Å². The smallest absolute Gasteiger partial charge is 0.0943 e. The molecule has 0 radical (unpaired) electrons. The maximum Gasteiger partial charge on any atom is 0.0943 e. The van der Waals surface area contributed by atoms with Crippen molar-refractivity contribution in [1.29, 1.82) is 0 Å². The lowest BCUT2D eigenvalue weighted by atomic mass is 9.92. The van der Waals surface area contributed by atoms with Gasteiger partial charge in [0.1, 0.15) is 0 Å². The van der Waals surface area contributed by atoms with Crippen LogP contribution >= 0.6 is 11.3 Å². The van der Waals surface area contributed by atoms with Crippen molar-refractivity contribution in [3.63, 3.8) is 0 Å². The number of aromatic nitrogens is 1.